The monoisotopic (exact) mass is 339 g/mol. The summed E-state index contributed by atoms with van der Waals surface area (Å²) in [4.78, 5) is 9.82. The molecule has 5 heteroatoms. The second-order valence-corrected chi connectivity index (χ2v) is 7.41. The molecule has 5 nitrogen and oxygen atoms in total. The van der Waals surface area contributed by atoms with Gasteiger partial charge in [-0.25, -0.2) is 0 Å². The van der Waals surface area contributed by atoms with Crippen LogP contribution in [0.25, 0.3) is 0 Å². The Bertz CT molecular complexity index is 335. The van der Waals surface area contributed by atoms with Crippen LogP contribution in [0.5, 0.6) is 0 Å². The molecule has 1 aliphatic rings. The molecule has 0 aliphatic carbocycles. The van der Waals surface area contributed by atoms with E-state index in [1.54, 1.807) is 0 Å². The second-order valence-electron chi connectivity index (χ2n) is 7.41. The van der Waals surface area contributed by atoms with Crippen LogP contribution in [-0.4, -0.2) is 74.2 Å². The number of aliphatic imine (C=N–C) groups is 1. The molecule has 0 aromatic rings. The minimum absolute atomic E-state index is 0.481. The fourth-order valence-electron chi connectivity index (χ4n) is 3.09. The van der Waals surface area contributed by atoms with Gasteiger partial charge in [-0.05, 0) is 32.7 Å². The summed E-state index contributed by atoms with van der Waals surface area (Å²) in [7, 11) is 0. The van der Waals surface area contributed by atoms with Gasteiger partial charge in [0.1, 0.15) is 0 Å². The van der Waals surface area contributed by atoms with Gasteiger partial charge in [-0.3, -0.25) is 9.89 Å². The van der Waals surface area contributed by atoms with Crippen molar-refractivity contribution < 1.29 is 0 Å². The first-order valence-electron chi connectivity index (χ1n) is 10.0. The Morgan fingerprint density at radius 2 is 1.67 bits per heavy atom. The minimum Gasteiger partial charge on any atom is -0.357 e. The summed E-state index contributed by atoms with van der Waals surface area (Å²) in [6, 6.07) is 0.481. The molecule has 0 bridgehead atoms. The van der Waals surface area contributed by atoms with E-state index in [4.69, 9.17) is 4.99 Å². The van der Waals surface area contributed by atoms with Crippen molar-refractivity contribution in [1.29, 1.82) is 0 Å². The number of rotatable bonds is 10. The van der Waals surface area contributed by atoms with E-state index in [0.717, 1.165) is 31.5 Å². The van der Waals surface area contributed by atoms with Gasteiger partial charge in [0.05, 0.1) is 6.54 Å². The zero-order chi connectivity index (χ0) is 17.8. The Morgan fingerprint density at radius 3 is 2.25 bits per heavy atom. The Hall–Kier alpha value is -0.810. The first kappa shape index (κ1) is 21.2. The Balaban J connectivity index is 2.28. The molecular formula is C19H41N5. The molecule has 1 saturated heterocycles. The van der Waals surface area contributed by atoms with Crippen LogP contribution in [0, 0.1) is 5.92 Å². The van der Waals surface area contributed by atoms with Crippen molar-refractivity contribution in [2.24, 2.45) is 10.9 Å². The Labute approximate surface area is 150 Å². The van der Waals surface area contributed by atoms with E-state index < -0.39 is 0 Å². The second kappa shape index (κ2) is 12.5. The SMILES string of the molecule is CCNC(=NCCN1CCN(CC)CC1)NC(C)CCCC(C)C. The molecule has 0 radical (unpaired) electrons. The van der Waals surface area contributed by atoms with Gasteiger partial charge >= 0.3 is 0 Å². The third-order valence-electron chi connectivity index (χ3n) is 4.74. The maximum atomic E-state index is 4.77. The standard InChI is InChI=1S/C19H41N5/c1-6-20-19(22-18(5)10-8-9-17(3)4)21-11-12-24-15-13-23(7-2)14-16-24/h17-18H,6-16H2,1-5H3,(H2,20,21,22). The van der Waals surface area contributed by atoms with Gasteiger partial charge in [0, 0.05) is 45.3 Å². The molecule has 1 fully saturated rings. The summed E-state index contributed by atoms with van der Waals surface area (Å²) < 4.78 is 0. The summed E-state index contributed by atoms with van der Waals surface area (Å²) in [6.07, 6.45) is 3.80. The van der Waals surface area contributed by atoms with Gasteiger partial charge < -0.3 is 15.5 Å². The summed E-state index contributed by atoms with van der Waals surface area (Å²) in [5.74, 6) is 1.77. The van der Waals surface area contributed by atoms with Crippen molar-refractivity contribution >= 4 is 5.96 Å². The van der Waals surface area contributed by atoms with Crippen LogP contribution >= 0.6 is 0 Å². The van der Waals surface area contributed by atoms with Crippen LogP contribution in [0.15, 0.2) is 4.99 Å². The van der Waals surface area contributed by atoms with Crippen LogP contribution in [0.4, 0.5) is 0 Å². The normalized spacial score (nSPS) is 18.8. The Kier molecular flexibility index (Phi) is 11.1. The molecule has 2 N–H and O–H groups in total. The molecular weight excluding hydrogens is 298 g/mol. The topological polar surface area (TPSA) is 42.9 Å². The average Bonchev–Trinajstić information content (AvgIpc) is 2.55. The van der Waals surface area contributed by atoms with E-state index in [2.05, 4.69) is 55.1 Å². The zero-order valence-electron chi connectivity index (χ0n) is 16.8. The molecule has 0 saturated carbocycles. The molecule has 1 aliphatic heterocycles. The predicted molar refractivity (Wildman–Crippen MR) is 106 cm³/mol. The lowest BCUT2D eigenvalue weighted by Gasteiger charge is -2.33. The maximum absolute atomic E-state index is 4.77. The number of nitrogens with zero attached hydrogens (tertiary/aromatic N) is 3. The van der Waals surface area contributed by atoms with Crippen LogP contribution in [-0.2, 0) is 0 Å². The van der Waals surface area contributed by atoms with E-state index in [9.17, 15) is 0 Å². The summed E-state index contributed by atoms with van der Waals surface area (Å²) in [5, 5.41) is 6.94. The maximum Gasteiger partial charge on any atom is 0.191 e. The summed E-state index contributed by atoms with van der Waals surface area (Å²) in [6.45, 7) is 20.0. The molecule has 1 heterocycles. The van der Waals surface area contributed by atoms with Crippen molar-refractivity contribution in [3.05, 3.63) is 0 Å². The van der Waals surface area contributed by atoms with Crippen molar-refractivity contribution in [3.63, 3.8) is 0 Å². The van der Waals surface area contributed by atoms with Gasteiger partial charge in [-0.1, -0.05) is 33.6 Å². The highest BCUT2D eigenvalue weighted by Crippen LogP contribution is 2.08. The zero-order valence-corrected chi connectivity index (χ0v) is 16.8. The molecule has 24 heavy (non-hydrogen) atoms. The molecule has 1 unspecified atom stereocenters. The number of piperazine rings is 1. The first-order valence-corrected chi connectivity index (χ1v) is 10.0. The van der Waals surface area contributed by atoms with E-state index in [1.165, 1.54) is 52.0 Å². The van der Waals surface area contributed by atoms with Crippen molar-refractivity contribution in [3.8, 4) is 0 Å². The molecule has 1 rings (SSSR count). The number of nitrogens with one attached hydrogen (secondary N) is 2. The lowest BCUT2D eigenvalue weighted by Crippen LogP contribution is -2.47. The van der Waals surface area contributed by atoms with Gasteiger partial charge in [0.25, 0.3) is 0 Å². The quantitative estimate of drug-likeness (QED) is 0.474. The largest absolute Gasteiger partial charge is 0.357 e. The molecule has 0 spiro atoms. The summed E-state index contributed by atoms with van der Waals surface area (Å²) >= 11 is 0. The number of guanidine groups is 1. The first-order chi connectivity index (χ1) is 11.5. The van der Waals surface area contributed by atoms with Crippen LogP contribution in [0.1, 0.15) is 53.9 Å². The predicted octanol–water partition coefficient (Wildman–Crippen LogP) is 2.39. The fourth-order valence-corrected chi connectivity index (χ4v) is 3.09. The molecule has 0 aromatic heterocycles. The molecule has 0 aromatic carbocycles. The lowest BCUT2D eigenvalue weighted by atomic mass is 10.0. The van der Waals surface area contributed by atoms with Gasteiger partial charge in [0.15, 0.2) is 5.96 Å². The third-order valence-corrected chi connectivity index (χ3v) is 4.74. The third kappa shape index (κ3) is 9.48. The summed E-state index contributed by atoms with van der Waals surface area (Å²) in [5.41, 5.74) is 0. The van der Waals surface area contributed by atoms with Crippen molar-refractivity contribution in [1.82, 2.24) is 20.4 Å². The molecule has 1 atom stereocenters. The van der Waals surface area contributed by atoms with Crippen molar-refractivity contribution in [2.45, 2.75) is 59.9 Å². The lowest BCUT2D eigenvalue weighted by molar-refractivity contribution is 0.140. The minimum atomic E-state index is 0.481. The van der Waals surface area contributed by atoms with Gasteiger partial charge in [-0.2, -0.15) is 0 Å². The van der Waals surface area contributed by atoms with Crippen LogP contribution < -0.4 is 10.6 Å². The number of hydrogen-bond acceptors (Lipinski definition) is 3. The Morgan fingerprint density at radius 1 is 1.00 bits per heavy atom. The average molecular weight is 340 g/mol. The molecule has 142 valence electrons. The van der Waals surface area contributed by atoms with Crippen LogP contribution in [0.3, 0.4) is 0 Å². The smallest absolute Gasteiger partial charge is 0.191 e. The van der Waals surface area contributed by atoms with E-state index in [0.29, 0.717) is 6.04 Å². The number of hydrogen-bond donors (Lipinski definition) is 2. The molecule has 0 amide bonds. The highest BCUT2D eigenvalue weighted by molar-refractivity contribution is 5.80. The number of likely N-dealkylation sites (N-methyl/N-ethyl adjacent to an activating group) is 1. The van der Waals surface area contributed by atoms with E-state index in [1.807, 2.05) is 0 Å². The highest BCUT2D eigenvalue weighted by Gasteiger charge is 2.14. The van der Waals surface area contributed by atoms with Gasteiger partial charge in [0.2, 0.25) is 0 Å². The fraction of sp³-hybridized carbons (Fsp3) is 0.947. The van der Waals surface area contributed by atoms with Crippen LogP contribution in [0.2, 0.25) is 0 Å². The van der Waals surface area contributed by atoms with Gasteiger partial charge in [-0.15, -0.1) is 0 Å². The highest BCUT2D eigenvalue weighted by atomic mass is 15.3. The van der Waals surface area contributed by atoms with E-state index >= 15 is 0 Å². The van der Waals surface area contributed by atoms with E-state index in [-0.39, 0.29) is 0 Å². The van der Waals surface area contributed by atoms with Crippen molar-refractivity contribution in [2.75, 3.05) is 52.4 Å².